The van der Waals surface area contributed by atoms with Gasteiger partial charge in [0.2, 0.25) is 11.8 Å². The van der Waals surface area contributed by atoms with Crippen LogP contribution >= 0.6 is 0 Å². The second-order valence-electron chi connectivity index (χ2n) is 11.2. The van der Waals surface area contributed by atoms with E-state index in [1.54, 1.807) is 11.9 Å². The van der Waals surface area contributed by atoms with Crippen LogP contribution in [-0.2, 0) is 16.1 Å². The molecule has 6 nitrogen and oxygen atoms in total. The van der Waals surface area contributed by atoms with Crippen molar-refractivity contribution in [2.45, 2.75) is 65.3 Å². The lowest BCUT2D eigenvalue weighted by molar-refractivity contribution is -0.128. The lowest BCUT2D eigenvalue weighted by Gasteiger charge is -2.27. The molecule has 0 bridgehead atoms. The van der Waals surface area contributed by atoms with Crippen molar-refractivity contribution < 1.29 is 9.59 Å². The van der Waals surface area contributed by atoms with E-state index in [9.17, 15) is 9.59 Å². The third kappa shape index (κ3) is 5.85. The molecule has 4 rings (SSSR count). The summed E-state index contributed by atoms with van der Waals surface area (Å²) in [5.41, 5.74) is 8.19. The maximum absolute atomic E-state index is 12.7. The van der Waals surface area contributed by atoms with Crippen LogP contribution < -0.4 is 15.5 Å². The summed E-state index contributed by atoms with van der Waals surface area (Å²) in [5, 5.41) is 6.72. The monoisotopic (exact) mass is 490 g/mol. The molecule has 2 N–H and O–H groups in total. The SMILES string of the molecule is Cc1cc(C2CCC(C)CC2)ccc1Nc1cc(N(C)C)c(CNC(=O)C2CC(=O)N(C)C2)cc1C. The minimum atomic E-state index is -0.268. The summed E-state index contributed by atoms with van der Waals surface area (Å²) in [6.45, 7) is 7.59. The molecule has 1 heterocycles. The van der Waals surface area contributed by atoms with Crippen molar-refractivity contribution in [3.63, 3.8) is 0 Å². The van der Waals surface area contributed by atoms with Crippen LogP contribution in [0.4, 0.5) is 17.1 Å². The summed E-state index contributed by atoms with van der Waals surface area (Å²) >= 11 is 0. The molecule has 194 valence electrons. The van der Waals surface area contributed by atoms with E-state index >= 15 is 0 Å². The molecule has 2 aromatic carbocycles. The predicted octanol–water partition coefficient (Wildman–Crippen LogP) is 5.50. The van der Waals surface area contributed by atoms with Gasteiger partial charge in [0.25, 0.3) is 0 Å². The Kier molecular flexibility index (Phi) is 7.91. The molecule has 1 unspecified atom stereocenters. The van der Waals surface area contributed by atoms with E-state index in [0.717, 1.165) is 34.1 Å². The molecule has 0 aromatic heterocycles. The van der Waals surface area contributed by atoms with E-state index in [4.69, 9.17) is 0 Å². The number of likely N-dealkylation sites (tertiary alicyclic amines) is 1. The quantitative estimate of drug-likeness (QED) is 0.538. The number of nitrogens with one attached hydrogen (secondary N) is 2. The molecule has 1 saturated heterocycles. The number of carbonyl (C=O) groups excluding carboxylic acids is 2. The van der Waals surface area contributed by atoms with Gasteiger partial charge in [-0.25, -0.2) is 0 Å². The lowest BCUT2D eigenvalue weighted by Crippen LogP contribution is -2.32. The molecule has 36 heavy (non-hydrogen) atoms. The maximum Gasteiger partial charge on any atom is 0.225 e. The summed E-state index contributed by atoms with van der Waals surface area (Å²) in [4.78, 5) is 28.2. The van der Waals surface area contributed by atoms with E-state index in [2.05, 4.69) is 66.6 Å². The number of anilines is 3. The molecule has 2 amide bonds. The molecule has 2 fully saturated rings. The van der Waals surface area contributed by atoms with Gasteiger partial charge in [-0.05, 0) is 72.9 Å². The van der Waals surface area contributed by atoms with Gasteiger partial charge in [-0.15, -0.1) is 0 Å². The second kappa shape index (κ2) is 10.9. The fraction of sp³-hybridized carbons (Fsp3) is 0.533. The Bertz CT molecular complexity index is 1120. The first-order valence-corrected chi connectivity index (χ1v) is 13.3. The second-order valence-corrected chi connectivity index (χ2v) is 11.2. The van der Waals surface area contributed by atoms with E-state index in [0.29, 0.717) is 25.4 Å². The Balaban J connectivity index is 1.47. The van der Waals surface area contributed by atoms with Gasteiger partial charge in [-0.3, -0.25) is 9.59 Å². The highest BCUT2D eigenvalue weighted by Gasteiger charge is 2.32. The van der Waals surface area contributed by atoms with Crippen LogP contribution in [0.25, 0.3) is 0 Å². The van der Waals surface area contributed by atoms with Crippen LogP contribution in [0.2, 0.25) is 0 Å². The minimum Gasteiger partial charge on any atom is -0.377 e. The maximum atomic E-state index is 12.7. The number of benzene rings is 2. The average molecular weight is 491 g/mol. The Hall–Kier alpha value is -3.02. The Morgan fingerprint density at radius 2 is 1.72 bits per heavy atom. The average Bonchev–Trinajstić information content (AvgIpc) is 3.18. The highest BCUT2D eigenvalue weighted by molar-refractivity contribution is 5.89. The predicted molar refractivity (Wildman–Crippen MR) is 148 cm³/mol. The third-order valence-corrected chi connectivity index (χ3v) is 8.08. The molecule has 6 heteroatoms. The van der Waals surface area contributed by atoms with Gasteiger partial charge in [0.15, 0.2) is 0 Å². The minimum absolute atomic E-state index is 0.0343. The van der Waals surface area contributed by atoms with Crippen molar-refractivity contribution >= 4 is 28.9 Å². The first-order chi connectivity index (χ1) is 17.1. The zero-order valence-corrected chi connectivity index (χ0v) is 22.8. The Morgan fingerprint density at radius 1 is 1.03 bits per heavy atom. The van der Waals surface area contributed by atoms with E-state index in [1.807, 2.05) is 14.1 Å². The number of rotatable bonds is 7. The zero-order valence-electron chi connectivity index (χ0n) is 22.8. The Morgan fingerprint density at radius 3 is 2.33 bits per heavy atom. The van der Waals surface area contributed by atoms with Crippen molar-refractivity contribution in [2.75, 3.05) is 37.9 Å². The number of hydrogen-bond donors (Lipinski definition) is 2. The van der Waals surface area contributed by atoms with Gasteiger partial charge in [-0.1, -0.05) is 38.0 Å². The number of hydrogen-bond acceptors (Lipinski definition) is 4. The molecule has 1 aliphatic carbocycles. The molecule has 0 radical (unpaired) electrons. The molecule has 0 spiro atoms. The fourth-order valence-corrected chi connectivity index (χ4v) is 5.63. The van der Waals surface area contributed by atoms with Gasteiger partial charge >= 0.3 is 0 Å². The number of amides is 2. The standard InChI is InChI=1S/C30H42N4O2/c1-19-7-9-22(10-8-19)23-11-12-26(20(2)13-23)32-27-16-28(33(4)5)24(14-21(27)3)17-31-30(36)25-15-29(35)34(6)18-25/h11-14,16,19,22,25,32H,7-10,15,17-18H2,1-6H3,(H,31,36). The molecule has 2 aliphatic rings. The first-order valence-electron chi connectivity index (χ1n) is 13.3. The number of carbonyl (C=O) groups is 2. The molecule has 1 atom stereocenters. The lowest BCUT2D eigenvalue weighted by atomic mass is 9.79. The van der Waals surface area contributed by atoms with Crippen LogP contribution in [0, 0.1) is 25.7 Å². The van der Waals surface area contributed by atoms with Crippen molar-refractivity contribution in [2.24, 2.45) is 11.8 Å². The number of nitrogens with zero attached hydrogens (tertiary/aromatic N) is 2. The van der Waals surface area contributed by atoms with Crippen LogP contribution in [-0.4, -0.2) is 44.4 Å². The van der Waals surface area contributed by atoms with Gasteiger partial charge in [0.1, 0.15) is 0 Å². The largest absolute Gasteiger partial charge is 0.377 e. The Labute approximate surface area is 216 Å². The van der Waals surface area contributed by atoms with E-state index in [1.165, 1.54) is 36.8 Å². The summed E-state index contributed by atoms with van der Waals surface area (Å²) in [6, 6.07) is 11.2. The van der Waals surface area contributed by atoms with Crippen molar-refractivity contribution in [3.8, 4) is 0 Å². The van der Waals surface area contributed by atoms with Crippen LogP contribution in [0.5, 0.6) is 0 Å². The smallest absolute Gasteiger partial charge is 0.225 e. The summed E-state index contributed by atoms with van der Waals surface area (Å²) in [5.74, 6) is 1.26. The summed E-state index contributed by atoms with van der Waals surface area (Å²) in [7, 11) is 5.80. The highest BCUT2D eigenvalue weighted by Crippen LogP contribution is 2.37. The van der Waals surface area contributed by atoms with Gasteiger partial charge in [0.05, 0.1) is 5.92 Å². The molecular weight excluding hydrogens is 448 g/mol. The summed E-state index contributed by atoms with van der Waals surface area (Å²) < 4.78 is 0. The summed E-state index contributed by atoms with van der Waals surface area (Å²) in [6.07, 6.45) is 5.55. The fourth-order valence-electron chi connectivity index (χ4n) is 5.63. The van der Waals surface area contributed by atoms with Crippen LogP contribution in [0.3, 0.4) is 0 Å². The first kappa shape index (κ1) is 26.1. The molecule has 1 aliphatic heterocycles. The van der Waals surface area contributed by atoms with Gasteiger partial charge < -0.3 is 20.4 Å². The third-order valence-electron chi connectivity index (χ3n) is 8.08. The van der Waals surface area contributed by atoms with E-state index < -0.39 is 0 Å². The van der Waals surface area contributed by atoms with Crippen molar-refractivity contribution in [1.82, 2.24) is 10.2 Å². The van der Waals surface area contributed by atoms with Crippen molar-refractivity contribution in [3.05, 3.63) is 52.6 Å². The van der Waals surface area contributed by atoms with Crippen LogP contribution in [0.1, 0.15) is 67.2 Å². The van der Waals surface area contributed by atoms with Gasteiger partial charge in [0, 0.05) is 57.7 Å². The number of aryl methyl sites for hydroxylation is 2. The van der Waals surface area contributed by atoms with E-state index in [-0.39, 0.29) is 17.7 Å². The van der Waals surface area contributed by atoms with Crippen molar-refractivity contribution in [1.29, 1.82) is 0 Å². The van der Waals surface area contributed by atoms with Gasteiger partial charge in [-0.2, -0.15) is 0 Å². The topological polar surface area (TPSA) is 64.7 Å². The highest BCUT2D eigenvalue weighted by atomic mass is 16.2. The van der Waals surface area contributed by atoms with Crippen LogP contribution in [0.15, 0.2) is 30.3 Å². The molecule has 2 aromatic rings. The molecule has 1 saturated carbocycles. The zero-order chi connectivity index (χ0) is 26.0. The normalized spacial score (nSPS) is 22.0. The molecular formula is C30H42N4O2.